The van der Waals surface area contributed by atoms with Crippen molar-refractivity contribution in [1.29, 1.82) is 0 Å². The van der Waals surface area contributed by atoms with Crippen molar-refractivity contribution in [2.45, 2.75) is 50.9 Å². The molecule has 2 N–H and O–H groups in total. The molecule has 0 aliphatic carbocycles. The van der Waals surface area contributed by atoms with Crippen LogP contribution in [0.15, 0.2) is 0 Å². The van der Waals surface area contributed by atoms with Gasteiger partial charge < -0.3 is 5.73 Å². The first-order valence-electron chi connectivity index (χ1n) is 4.83. The molecule has 0 bridgehead atoms. The molecule has 0 saturated heterocycles. The third kappa shape index (κ3) is 4.62. The van der Waals surface area contributed by atoms with Gasteiger partial charge >= 0.3 is 0 Å². The molecule has 0 spiro atoms. The summed E-state index contributed by atoms with van der Waals surface area (Å²) in [6.07, 6.45) is 0.603. The van der Waals surface area contributed by atoms with Crippen LogP contribution in [0.3, 0.4) is 0 Å². The molecule has 0 fully saturated rings. The molecule has 13 heavy (non-hydrogen) atoms. The van der Waals surface area contributed by atoms with Crippen molar-refractivity contribution in [2.24, 2.45) is 5.73 Å². The van der Waals surface area contributed by atoms with E-state index < -0.39 is 16.1 Å². The molecule has 0 heterocycles. The third-order valence-electron chi connectivity index (χ3n) is 2.50. The Labute approximate surface area is 83.9 Å². The quantitative estimate of drug-likeness (QED) is 0.722. The van der Waals surface area contributed by atoms with Crippen molar-refractivity contribution in [1.82, 2.24) is 0 Å². The number of nitrogens with two attached hydrogens (primary N) is 1. The molecular formula is C9H23NOSi2. The Morgan fingerprint density at radius 3 is 1.46 bits per heavy atom. The number of primary amides is 1. The molecule has 0 aliphatic rings. The van der Waals surface area contributed by atoms with E-state index in [0.29, 0.717) is 11.6 Å². The molecule has 0 aromatic heterocycles. The van der Waals surface area contributed by atoms with Gasteiger partial charge in [-0.15, -0.1) is 0 Å². The largest absolute Gasteiger partial charge is 0.370 e. The van der Waals surface area contributed by atoms with Crippen LogP contribution in [0.2, 0.25) is 44.4 Å². The van der Waals surface area contributed by atoms with E-state index in [-0.39, 0.29) is 5.91 Å². The summed E-state index contributed by atoms with van der Waals surface area (Å²) in [5.41, 5.74) is 5.29. The van der Waals surface area contributed by atoms with E-state index in [9.17, 15) is 4.79 Å². The molecule has 0 rings (SSSR count). The summed E-state index contributed by atoms with van der Waals surface area (Å²) in [7, 11) is -2.45. The van der Waals surface area contributed by atoms with Crippen LogP contribution in [-0.2, 0) is 4.79 Å². The van der Waals surface area contributed by atoms with Crippen molar-refractivity contribution < 1.29 is 4.79 Å². The minimum absolute atomic E-state index is 0.130. The fourth-order valence-electron chi connectivity index (χ4n) is 2.11. The lowest BCUT2D eigenvalue weighted by molar-refractivity contribution is -0.117. The molecule has 0 aromatic carbocycles. The van der Waals surface area contributed by atoms with Crippen LogP contribution in [0.25, 0.3) is 0 Å². The lowest BCUT2D eigenvalue weighted by Gasteiger charge is -2.37. The number of hydrogen-bond acceptors (Lipinski definition) is 1. The topological polar surface area (TPSA) is 43.1 Å². The lowest BCUT2D eigenvalue weighted by Crippen LogP contribution is -2.45. The van der Waals surface area contributed by atoms with Crippen molar-refractivity contribution in [2.75, 3.05) is 0 Å². The third-order valence-corrected chi connectivity index (χ3v) is 12.3. The monoisotopic (exact) mass is 217 g/mol. The minimum Gasteiger partial charge on any atom is -0.370 e. The summed E-state index contributed by atoms with van der Waals surface area (Å²) >= 11 is 0. The summed E-state index contributed by atoms with van der Waals surface area (Å²) in [5.74, 6) is -0.130. The molecule has 78 valence electrons. The highest BCUT2D eigenvalue weighted by molar-refractivity contribution is 6.96. The molecule has 2 nitrogen and oxygen atoms in total. The zero-order chi connectivity index (χ0) is 10.9. The second-order valence-electron chi connectivity index (χ2n) is 5.96. The van der Waals surface area contributed by atoms with Gasteiger partial charge in [0.05, 0.1) is 0 Å². The second kappa shape index (κ2) is 3.96. The van der Waals surface area contributed by atoms with E-state index in [1.807, 2.05) is 0 Å². The lowest BCUT2D eigenvalue weighted by atomic mass is 10.5. The van der Waals surface area contributed by atoms with E-state index >= 15 is 0 Å². The van der Waals surface area contributed by atoms with E-state index in [1.165, 1.54) is 0 Å². The van der Waals surface area contributed by atoms with Gasteiger partial charge in [0.25, 0.3) is 0 Å². The molecule has 0 saturated carbocycles. The van der Waals surface area contributed by atoms with E-state index in [2.05, 4.69) is 39.3 Å². The van der Waals surface area contributed by atoms with Crippen LogP contribution in [0, 0.1) is 0 Å². The van der Waals surface area contributed by atoms with Crippen LogP contribution in [0.5, 0.6) is 0 Å². The second-order valence-corrected chi connectivity index (χ2v) is 17.4. The molecule has 4 heteroatoms. The zero-order valence-corrected chi connectivity index (χ0v) is 11.8. The first-order chi connectivity index (χ1) is 5.55. The molecule has 0 aliphatic heterocycles. The standard InChI is InChI=1S/C9H23NOSi2/c1-12(2,3)9(7-8(10)11)13(4,5)6/h9H,7H2,1-6H3,(H2,10,11). The van der Waals surface area contributed by atoms with Gasteiger partial charge in [-0.1, -0.05) is 39.3 Å². The molecule has 1 amide bonds. The van der Waals surface area contributed by atoms with Gasteiger partial charge in [-0.3, -0.25) is 4.79 Å². The van der Waals surface area contributed by atoms with Gasteiger partial charge in [-0.05, 0) is 5.16 Å². The number of hydrogen-bond donors (Lipinski definition) is 1. The maximum atomic E-state index is 11.0. The highest BCUT2D eigenvalue weighted by Crippen LogP contribution is 2.34. The molecule has 0 radical (unpaired) electrons. The van der Waals surface area contributed by atoms with Gasteiger partial charge in [0.2, 0.25) is 5.91 Å². The minimum atomic E-state index is -1.22. The highest BCUT2D eigenvalue weighted by Gasteiger charge is 2.38. The predicted molar refractivity (Wildman–Crippen MR) is 64.3 cm³/mol. The van der Waals surface area contributed by atoms with Crippen molar-refractivity contribution in [3.8, 4) is 0 Å². The SMILES string of the molecule is C[Si](C)(C)C(CC(N)=O)[Si](C)(C)C. The van der Waals surface area contributed by atoms with Crippen LogP contribution in [0.4, 0.5) is 0 Å². The maximum absolute atomic E-state index is 11.0. The number of carbonyl (C=O) groups excluding carboxylic acids is 1. The van der Waals surface area contributed by atoms with Crippen LogP contribution in [-0.4, -0.2) is 22.1 Å². The van der Waals surface area contributed by atoms with Crippen molar-refractivity contribution in [3.05, 3.63) is 0 Å². The maximum Gasteiger partial charge on any atom is 0.217 e. The average Bonchev–Trinajstić information content (AvgIpc) is 1.77. The van der Waals surface area contributed by atoms with E-state index in [1.54, 1.807) is 0 Å². The predicted octanol–water partition coefficient (Wildman–Crippen LogP) is 2.45. The van der Waals surface area contributed by atoms with Crippen LogP contribution >= 0.6 is 0 Å². The van der Waals surface area contributed by atoms with Crippen LogP contribution in [0.1, 0.15) is 6.42 Å². The molecule has 0 unspecified atom stereocenters. The first kappa shape index (κ1) is 12.9. The Bertz CT molecular complexity index is 177. The highest BCUT2D eigenvalue weighted by atomic mass is 28.4. The Hall–Kier alpha value is -0.0962. The fourth-order valence-corrected chi connectivity index (χ4v) is 14.1. The summed E-state index contributed by atoms with van der Waals surface area (Å²) in [6.45, 7) is 14.0. The zero-order valence-electron chi connectivity index (χ0n) is 9.77. The number of rotatable bonds is 4. The smallest absolute Gasteiger partial charge is 0.217 e. The van der Waals surface area contributed by atoms with Crippen molar-refractivity contribution in [3.63, 3.8) is 0 Å². The fraction of sp³-hybridized carbons (Fsp3) is 0.889. The number of amides is 1. The molecule has 0 atom stereocenters. The first-order valence-corrected chi connectivity index (χ1v) is 12.0. The van der Waals surface area contributed by atoms with Crippen LogP contribution < -0.4 is 5.73 Å². The van der Waals surface area contributed by atoms with E-state index in [4.69, 9.17) is 5.73 Å². The number of carbonyl (C=O) groups is 1. The normalized spacial score (nSPS) is 13.5. The Morgan fingerprint density at radius 2 is 1.38 bits per heavy atom. The van der Waals surface area contributed by atoms with Gasteiger partial charge in [0, 0.05) is 22.6 Å². The summed E-state index contributed by atoms with van der Waals surface area (Å²) in [4.78, 5) is 11.0. The van der Waals surface area contributed by atoms with E-state index in [0.717, 1.165) is 0 Å². The molecule has 0 aromatic rings. The van der Waals surface area contributed by atoms with Gasteiger partial charge in [0.15, 0.2) is 0 Å². The van der Waals surface area contributed by atoms with Gasteiger partial charge in [-0.2, -0.15) is 0 Å². The molecular weight excluding hydrogens is 194 g/mol. The van der Waals surface area contributed by atoms with Crippen molar-refractivity contribution >= 4 is 22.1 Å². The van der Waals surface area contributed by atoms with Gasteiger partial charge in [-0.25, -0.2) is 0 Å². The summed E-state index contributed by atoms with van der Waals surface area (Å²) < 4.78 is 0. The summed E-state index contributed by atoms with van der Waals surface area (Å²) in [6, 6.07) is 0. The average molecular weight is 217 g/mol. The Balaban J connectivity index is 4.68. The summed E-state index contributed by atoms with van der Waals surface area (Å²) in [5, 5.41) is 0.609. The Morgan fingerprint density at radius 1 is 1.08 bits per heavy atom. The van der Waals surface area contributed by atoms with Gasteiger partial charge in [0.1, 0.15) is 0 Å². The Kier molecular flexibility index (Phi) is 3.93.